The Balaban J connectivity index is 1.77. The average Bonchev–Trinajstić information content (AvgIpc) is 2.76. The molecule has 1 N–H and O–H groups in total. The van der Waals surface area contributed by atoms with Crippen molar-refractivity contribution in [1.29, 1.82) is 0 Å². The number of carbonyl (C=O) groups is 1. The fraction of sp³-hybridized carbons (Fsp3) is 0.208. The zero-order valence-corrected chi connectivity index (χ0v) is 18.0. The number of alkyl halides is 3. The highest BCUT2D eigenvalue weighted by atomic mass is 35.5. The molecule has 0 spiro atoms. The second-order valence-electron chi connectivity index (χ2n) is 6.88. The Morgan fingerprint density at radius 3 is 2.44 bits per heavy atom. The van der Waals surface area contributed by atoms with E-state index in [9.17, 15) is 18.0 Å². The number of hydrogen-bond acceptors (Lipinski definition) is 3. The number of carbonyl (C=O) groups excluding carboxylic acids is 1. The van der Waals surface area contributed by atoms with E-state index < -0.39 is 17.6 Å². The van der Waals surface area contributed by atoms with Gasteiger partial charge >= 0.3 is 6.18 Å². The Kier molecular flexibility index (Phi) is 7.77. The summed E-state index contributed by atoms with van der Waals surface area (Å²) in [5.74, 6) is -0.0344. The lowest BCUT2D eigenvalue weighted by atomic mass is 10.1. The first-order valence-electron chi connectivity index (χ1n) is 9.83. The van der Waals surface area contributed by atoms with Crippen molar-refractivity contribution in [2.45, 2.75) is 26.3 Å². The number of ether oxygens (including phenoxy) is 2. The lowest BCUT2D eigenvalue weighted by Gasteiger charge is -2.14. The molecular formula is C24H21ClF3NO3. The Hall–Kier alpha value is -3.03. The predicted molar refractivity (Wildman–Crippen MR) is 117 cm³/mol. The molecule has 1 amide bonds. The van der Waals surface area contributed by atoms with Crippen LogP contribution >= 0.6 is 11.6 Å². The van der Waals surface area contributed by atoms with Crippen molar-refractivity contribution in [1.82, 2.24) is 0 Å². The largest absolute Gasteiger partial charge is 0.494 e. The zero-order chi connectivity index (χ0) is 23.1. The van der Waals surface area contributed by atoms with E-state index in [1.807, 2.05) is 37.3 Å². The van der Waals surface area contributed by atoms with E-state index in [4.69, 9.17) is 21.1 Å². The van der Waals surface area contributed by atoms with Crippen molar-refractivity contribution >= 4 is 23.2 Å². The Morgan fingerprint density at radius 2 is 1.75 bits per heavy atom. The number of nitrogens with one attached hydrogen (secondary N) is 1. The number of halogens is 4. The van der Waals surface area contributed by atoms with E-state index in [0.717, 1.165) is 23.8 Å². The van der Waals surface area contributed by atoms with Gasteiger partial charge in [0, 0.05) is 11.1 Å². The molecule has 0 heterocycles. The SMILES string of the molecule is CCOc1ccc(C(=O)Nc2cc(C(F)(F)F)ccc2Cl)cc1COCc1ccccc1. The molecule has 0 bridgehead atoms. The van der Waals surface area contributed by atoms with Crippen molar-refractivity contribution in [2.75, 3.05) is 11.9 Å². The third-order valence-electron chi connectivity index (χ3n) is 4.53. The molecule has 0 aliphatic rings. The summed E-state index contributed by atoms with van der Waals surface area (Å²) in [5.41, 5.74) is 0.852. The van der Waals surface area contributed by atoms with Crippen LogP contribution in [0.3, 0.4) is 0 Å². The lowest BCUT2D eigenvalue weighted by molar-refractivity contribution is -0.137. The van der Waals surface area contributed by atoms with Crippen LogP contribution in [0.2, 0.25) is 5.02 Å². The number of anilines is 1. The van der Waals surface area contributed by atoms with E-state index >= 15 is 0 Å². The first kappa shape index (κ1) is 23.6. The highest BCUT2D eigenvalue weighted by molar-refractivity contribution is 6.34. The van der Waals surface area contributed by atoms with Gasteiger partial charge < -0.3 is 14.8 Å². The maximum absolute atomic E-state index is 13.0. The molecule has 0 fully saturated rings. The van der Waals surface area contributed by atoms with E-state index in [0.29, 0.717) is 24.5 Å². The van der Waals surface area contributed by atoms with Crippen molar-refractivity contribution in [3.8, 4) is 5.75 Å². The summed E-state index contributed by atoms with van der Waals surface area (Å²) in [6.45, 7) is 2.83. The lowest BCUT2D eigenvalue weighted by Crippen LogP contribution is -2.14. The highest BCUT2D eigenvalue weighted by Crippen LogP contribution is 2.34. The maximum atomic E-state index is 13.0. The predicted octanol–water partition coefficient (Wildman–Crippen LogP) is 6.73. The van der Waals surface area contributed by atoms with Gasteiger partial charge in [-0.2, -0.15) is 13.2 Å². The number of rotatable bonds is 8. The van der Waals surface area contributed by atoms with Gasteiger partial charge in [-0.1, -0.05) is 41.9 Å². The van der Waals surface area contributed by atoms with Crippen LogP contribution < -0.4 is 10.1 Å². The smallest absolute Gasteiger partial charge is 0.416 e. The molecule has 0 atom stereocenters. The van der Waals surface area contributed by atoms with E-state index in [1.165, 1.54) is 6.07 Å². The van der Waals surface area contributed by atoms with Crippen LogP contribution in [-0.2, 0) is 24.1 Å². The normalized spacial score (nSPS) is 11.3. The van der Waals surface area contributed by atoms with Gasteiger partial charge in [0.25, 0.3) is 5.91 Å². The molecule has 0 radical (unpaired) electrons. The summed E-state index contributed by atoms with van der Waals surface area (Å²) < 4.78 is 50.3. The molecule has 4 nitrogen and oxygen atoms in total. The van der Waals surface area contributed by atoms with Crippen LogP contribution in [0, 0.1) is 0 Å². The van der Waals surface area contributed by atoms with Crippen LogP contribution in [0.1, 0.15) is 34.0 Å². The second kappa shape index (κ2) is 10.5. The Bertz CT molecular complexity index is 1070. The minimum Gasteiger partial charge on any atom is -0.494 e. The first-order chi connectivity index (χ1) is 15.3. The van der Waals surface area contributed by atoms with Gasteiger partial charge in [-0.3, -0.25) is 4.79 Å². The van der Waals surface area contributed by atoms with Crippen LogP contribution in [0.25, 0.3) is 0 Å². The van der Waals surface area contributed by atoms with Gasteiger partial charge in [-0.05, 0) is 48.9 Å². The second-order valence-corrected chi connectivity index (χ2v) is 7.29. The Labute approximate surface area is 188 Å². The topological polar surface area (TPSA) is 47.6 Å². The molecular weight excluding hydrogens is 443 g/mol. The molecule has 3 rings (SSSR count). The minimum atomic E-state index is -4.55. The van der Waals surface area contributed by atoms with E-state index in [-0.39, 0.29) is 22.9 Å². The number of amides is 1. The van der Waals surface area contributed by atoms with Gasteiger partial charge in [0.2, 0.25) is 0 Å². The van der Waals surface area contributed by atoms with Crippen LogP contribution in [0.5, 0.6) is 5.75 Å². The fourth-order valence-corrected chi connectivity index (χ4v) is 3.14. The molecule has 168 valence electrons. The van der Waals surface area contributed by atoms with Crippen molar-refractivity contribution < 1.29 is 27.4 Å². The van der Waals surface area contributed by atoms with Gasteiger partial charge in [0.1, 0.15) is 5.75 Å². The summed E-state index contributed by atoms with van der Waals surface area (Å²) in [4.78, 5) is 12.7. The summed E-state index contributed by atoms with van der Waals surface area (Å²) in [6.07, 6.45) is -4.55. The van der Waals surface area contributed by atoms with Gasteiger partial charge in [0.05, 0.1) is 36.1 Å². The Morgan fingerprint density at radius 1 is 1.00 bits per heavy atom. The standard InChI is InChI=1S/C24H21ClF3NO3/c1-2-32-22-11-8-17(12-18(22)15-31-14-16-6-4-3-5-7-16)23(30)29-21-13-19(24(26,27)28)9-10-20(21)25/h3-13H,2,14-15H2,1H3,(H,29,30). The molecule has 0 aromatic heterocycles. The molecule has 0 saturated heterocycles. The molecule has 3 aromatic carbocycles. The first-order valence-corrected chi connectivity index (χ1v) is 10.2. The summed E-state index contributed by atoms with van der Waals surface area (Å²) >= 11 is 5.98. The molecule has 0 unspecified atom stereocenters. The summed E-state index contributed by atoms with van der Waals surface area (Å²) in [6, 6.07) is 17.1. The summed E-state index contributed by atoms with van der Waals surface area (Å²) in [5, 5.41) is 2.45. The molecule has 0 aliphatic carbocycles. The van der Waals surface area contributed by atoms with Gasteiger partial charge in [-0.15, -0.1) is 0 Å². The average molecular weight is 464 g/mol. The van der Waals surface area contributed by atoms with E-state index in [1.54, 1.807) is 12.1 Å². The molecule has 3 aromatic rings. The summed E-state index contributed by atoms with van der Waals surface area (Å²) in [7, 11) is 0. The number of hydrogen-bond donors (Lipinski definition) is 1. The van der Waals surface area contributed by atoms with E-state index in [2.05, 4.69) is 5.32 Å². The van der Waals surface area contributed by atoms with Crippen molar-refractivity contribution in [3.63, 3.8) is 0 Å². The van der Waals surface area contributed by atoms with Gasteiger partial charge in [0.15, 0.2) is 0 Å². The van der Waals surface area contributed by atoms with Crippen LogP contribution in [0.15, 0.2) is 66.7 Å². The molecule has 32 heavy (non-hydrogen) atoms. The maximum Gasteiger partial charge on any atom is 0.416 e. The monoisotopic (exact) mass is 463 g/mol. The minimum absolute atomic E-state index is 0.00343. The van der Waals surface area contributed by atoms with Crippen LogP contribution in [-0.4, -0.2) is 12.5 Å². The third kappa shape index (κ3) is 6.24. The zero-order valence-electron chi connectivity index (χ0n) is 17.2. The van der Waals surface area contributed by atoms with Crippen LogP contribution in [0.4, 0.5) is 18.9 Å². The molecule has 0 saturated carbocycles. The van der Waals surface area contributed by atoms with Gasteiger partial charge in [-0.25, -0.2) is 0 Å². The molecule has 8 heteroatoms. The third-order valence-corrected chi connectivity index (χ3v) is 4.86. The quantitative estimate of drug-likeness (QED) is 0.403. The highest BCUT2D eigenvalue weighted by Gasteiger charge is 2.31. The van der Waals surface area contributed by atoms with Crippen molar-refractivity contribution in [2.24, 2.45) is 0 Å². The fourth-order valence-electron chi connectivity index (χ4n) is 2.97. The number of benzene rings is 3. The van der Waals surface area contributed by atoms with Crippen molar-refractivity contribution in [3.05, 3.63) is 94.0 Å². The molecule has 0 aliphatic heterocycles.